The predicted octanol–water partition coefficient (Wildman–Crippen LogP) is 4.49. The summed E-state index contributed by atoms with van der Waals surface area (Å²) in [7, 11) is 0. The third-order valence-electron chi connectivity index (χ3n) is 5.35. The second-order valence-corrected chi connectivity index (χ2v) is 8.37. The summed E-state index contributed by atoms with van der Waals surface area (Å²) in [5, 5.41) is 13.1. The molecule has 30 heavy (non-hydrogen) atoms. The quantitative estimate of drug-likeness (QED) is 0.499. The van der Waals surface area contributed by atoms with Crippen molar-refractivity contribution in [2.75, 3.05) is 6.61 Å². The van der Waals surface area contributed by atoms with E-state index < -0.39 is 6.10 Å². The molecule has 0 unspecified atom stereocenters. The number of benzene rings is 2. The van der Waals surface area contributed by atoms with Gasteiger partial charge < -0.3 is 9.84 Å². The molecular formula is C24H24N2O3S. The van der Waals surface area contributed by atoms with Gasteiger partial charge in [0.2, 0.25) is 0 Å². The van der Waals surface area contributed by atoms with Crippen LogP contribution in [0.4, 0.5) is 0 Å². The van der Waals surface area contributed by atoms with E-state index >= 15 is 0 Å². The molecule has 1 atom stereocenters. The SMILES string of the molecule is Cc1ccc(C)c(OC[C@@H](O)Cn2cnc3scc(-c4ccccc4)c3c2=O)c1C. The number of aliphatic hydroxyl groups excluding tert-OH is 1. The molecule has 2 aromatic heterocycles. The molecule has 0 bridgehead atoms. The van der Waals surface area contributed by atoms with E-state index in [-0.39, 0.29) is 18.7 Å². The van der Waals surface area contributed by atoms with E-state index in [9.17, 15) is 9.90 Å². The lowest BCUT2D eigenvalue weighted by Crippen LogP contribution is -2.30. The number of aromatic nitrogens is 2. The first-order valence-corrected chi connectivity index (χ1v) is 10.7. The molecule has 6 heteroatoms. The molecule has 154 valence electrons. The largest absolute Gasteiger partial charge is 0.490 e. The van der Waals surface area contributed by atoms with Gasteiger partial charge in [0.1, 0.15) is 23.3 Å². The summed E-state index contributed by atoms with van der Waals surface area (Å²) in [5.74, 6) is 0.791. The van der Waals surface area contributed by atoms with Crippen LogP contribution in [0.3, 0.4) is 0 Å². The van der Waals surface area contributed by atoms with Gasteiger partial charge in [-0.15, -0.1) is 11.3 Å². The Bertz CT molecular complexity index is 1240. The number of hydrogen-bond donors (Lipinski definition) is 1. The van der Waals surface area contributed by atoms with E-state index in [0.29, 0.717) is 10.2 Å². The summed E-state index contributed by atoms with van der Waals surface area (Å²) in [5.41, 5.74) is 4.93. The van der Waals surface area contributed by atoms with E-state index in [2.05, 4.69) is 11.1 Å². The first-order chi connectivity index (χ1) is 14.5. The summed E-state index contributed by atoms with van der Waals surface area (Å²) in [6, 6.07) is 13.9. The van der Waals surface area contributed by atoms with Gasteiger partial charge in [0.05, 0.1) is 18.3 Å². The highest BCUT2D eigenvalue weighted by atomic mass is 32.1. The van der Waals surface area contributed by atoms with Crippen LogP contribution in [0, 0.1) is 20.8 Å². The normalized spacial score (nSPS) is 12.3. The van der Waals surface area contributed by atoms with E-state index in [1.807, 2.05) is 62.5 Å². The van der Waals surface area contributed by atoms with E-state index in [4.69, 9.17) is 4.74 Å². The molecule has 0 saturated carbocycles. The Balaban J connectivity index is 1.56. The van der Waals surface area contributed by atoms with Gasteiger partial charge in [-0.2, -0.15) is 0 Å². The van der Waals surface area contributed by atoms with Gasteiger partial charge in [-0.3, -0.25) is 9.36 Å². The van der Waals surface area contributed by atoms with Crippen molar-refractivity contribution >= 4 is 21.6 Å². The van der Waals surface area contributed by atoms with Crippen LogP contribution in [0.1, 0.15) is 16.7 Å². The number of fused-ring (bicyclic) bond motifs is 1. The van der Waals surface area contributed by atoms with Crippen LogP contribution in [0.2, 0.25) is 0 Å². The summed E-state index contributed by atoms with van der Waals surface area (Å²) in [4.78, 5) is 18.3. The van der Waals surface area contributed by atoms with Crippen LogP contribution in [0.5, 0.6) is 5.75 Å². The molecule has 4 rings (SSSR count). The lowest BCUT2D eigenvalue weighted by molar-refractivity contribution is 0.0908. The number of nitrogens with zero attached hydrogens (tertiary/aromatic N) is 2. The summed E-state index contributed by atoms with van der Waals surface area (Å²) < 4.78 is 7.37. The van der Waals surface area contributed by atoms with Crippen molar-refractivity contribution in [1.82, 2.24) is 9.55 Å². The standard InChI is InChI=1S/C24H24N2O3S/c1-15-9-10-16(2)22(17(15)3)29-12-19(27)11-26-14-25-23-21(24(26)28)20(13-30-23)18-7-5-4-6-8-18/h4-10,13-14,19,27H,11-12H2,1-3H3/t19-/m0/s1. The molecule has 0 radical (unpaired) electrons. The summed E-state index contributed by atoms with van der Waals surface area (Å²) >= 11 is 1.45. The first-order valence-electron chi connectivity index (χ1n) is 9.85. The van der Waals surface area contributed by atoms with Crippen LogP contribution >= 0.6 is 11.3 Å². The smallest absolute Gasteiger partial charge is 0.262 e. The van der Waals surface area contributed by atoms with Gasteiger partial charge >= 0.3 is 0 Å². The third-order valence-corrected chi connectivity index (χ3v) is 6.23. The van der Waals surface area contributed by atoms with Crippen molar-refractivity contribution in [2.24, 2.45) is 0 Å². The Labute approximate surface area is 179 Å². The Hall–Kier alpha value is -2.96. The molecule has 0 aliphatic carbocycles. The zero-order chi connectivity index (χ0) is 21.3. The monoisotopic (exact) mass is 420 g/mol. The molecule has 5 nitrogen and oxygen atoms in total. The van der Waals surface area contributed by atoms with Gasteiger partial charge in [-0.05, 0) is 43.0 Å². The number of ether oxygens (including phenoxy) is 1. The molecule has 0 amide bonds. The van der Waals surface area contributed by atoms with Gasteiger partial charge in [0.15, 0.2) is 0 Å². The van der Waals surface area contributed by atoms with Crippen molar-refractivity contribution < 1.29 is 9.84 Å². The topological polar surface area (TPSA) is 64.3 Å². The number of aliphatic hydroxyl groups is 1. The lowest BCUT2D eigenvalue weighted by Gasteiger charge is -2.17. The van der Waals surface area contributed by atoms with Gasteiger partial charge in [0.25, 0.3) is 5.56 Å². The molecule has 0 spiro atoms. The minimum absolute atomic E-state index is 0.102. The third kappa shape index (κ3) is 3.88. The predicted molar refractivity (Wildman–Crippen MR) is 121 cm³/mol. The average Bonchev–Trinajstić information content (AvgIpc) is 3.18. The highest BCUT2D eigenvalue weighted by Crippen LogP contribution is 2.30. The Kier molecular flexibility index (Phi) is 5.70. The minimum Gasteiger partial charge on any atom is -0.490 e. The molecule has 0 aliphatic heterocycles. The highest BCUT2D eigenvalue weighted by molar-refractivity contribution is 7.17. The maximum Gasteiger partial charge on any atom is 0.262 e. The van der Waals surface area contributed by atoms with Crippen molar-refractivity contribution in [1.29, 1.82) is 0 Å². The number of aryl methyl sites for hydroxylation is 2. The van der Waals surface area contributed by atoms with Crippen molar-refractivity contribution in [3.63, 3.8) is 0 Å². The fraction of sp³-hybridized carbons (Fsp3) is 0.250. The second-order valence-electron chi connectivity index (χ2n) is 7.52. The average molecular weight is 421 g/mol. The van der Waals surface area contributed by atoms with Crippen LogP contribution in [-0.4, -0.2) is 27.4 Å². The molecular weight excluding hydrogens is 396 g/mol. The molecule has 2 aromatic carbocycles. The number of thiophene rings is 1. The van der Waals surface area contributed by atoms with Crippen LogP contribution in [-0.2, 0) is 6.54 Å². The molecule has 2 heterocycles. The van der Waals surface area contributed by atoms with Crippen molar-refractivity contribution in [3.05, 3.63) is 81.2 Å². The Morgan fingerprint density at radius 1 is 1.10 bits per heavy atom. The minimum atomic E-state index is -0.833. The highest BCUT2D eigenvalue weighted by Gasteiger charge is 2.16. The Morgan fingerprint density at radius 2 is 1.83 bits per heavy atom. The van der Waals surface area contributed by atoms with Gasteiger partial charge in [-0.25, -0.2) is 4.98 Å². The maximum absolute atomic E-state index is 13.1. The first kappa shape index (κ1) is 20.3. The van der Waals surface area contributed by atoms with E-state index in [1.165, 1.54) is 22.2 Å². The fourth-order valence-corrected chi connectivity index (χ4v) is 4.44. The van der Waals surface area contributed by atoms with E-state index in [1.54, 1.807) is 0 Å². The van der Waals surface area contributed by atoms with Gasteiger partial charge in [-0.1, -0.05) is 42.5 Å². The fourth-order valence-electron chi connectivity index (χ4n) is 3.53. The zero-order valence-electron chi connectivity index (χ0n) is 17.3. The van der Waals surface area contributed by atoms with Crippen molar-refractivity contribution in [2.45, 2.75) is 33.4 Å². The van der Waals surface area contributed by atoms with Crippen LogP contribution < -0.4 is 10.3 Å². The van der Waals surface area contributed by atoms with Crippen molar-refractivity contribution in [3.8, 4) is 16.9 Å². The summed E-state index contributed by atoms with van der Waals surface area (Å²) in [6.45, 7) is 6.25. The van der Waals surface area contributed by atoms with Crippen LogP contribution in [0.15, 0.2) is 59.0 Å². The molecule has 0 saturated heterocycles. The Morgan fingerprint density at radius 3 is 2.60 bits per heavy atom. The molecule has 0 fully saturated rings. The number of hydrogen-bond acceptors (Lipinski definition) is 5. The summed E-state index contributed by atoms with van der Waals surface area (Å²) in [6.07, 6.45) is 0.669. The number of rotatable bonds is 6. The van der Waals surface area contributed by atoms with Gasteiger partial charge in [0, 0.05) is 10.9 Å². The molecule has 4 aromatic rings. The molecule has 1 N–H and O–H groups in total. The maximum atomic E-state index is 13.1. The zero-order valence-corrected chi connectivity index (χ0v) is 18.1. The molecule has 0 aliphatic rings. The lowest BCUT2D eigenvalue weighted by atomic mass is 10.1. The second kappa shape index (κ2) is 8.42. The van der Waals surface area contributed by atoms with E-state index in [0.717, 1.165) is 33.6 Å². The van der Waals surface area contributed by atoms with Crippen LogP contribution in [0.25, 0.3) is 21.3 Å².